The van der Waals surface area contributed by atoms with Crippen LogP contribution in [0, 0.1) is 23.7 Å². The summed E-state index contributed by atoms with van der Waals surface area (Å²) in [4.78, 5) is 11.7. The van der Waals surface area contributed by atoms with Gasteiger partial charge in [-0.15, -0.1) is 0 Å². The summed E-state index contributed by atoms with van der Waals surface area (Å²) in [5.74, 6) is 0.983. The zero-order chi connectivity index (χ0) is 36.5. The number of rotatable bonds is 10. The number of esters is 1. The van der Waals surface area contributed by atoms with Gasteiger partial charge in [-0.3, -0.25) is 4.79 Å². The highest BCUT2D eigenvalue weighted by Crippen LogP contribution is 2.47. The molecule has 2 aliphatic carbocycles. The standard InChI is InChI=1S/C19H36O5Si.C19H34O5Si/c2*1-19(2,3)25(4,5)22-12-14-13-10-17(20)23-15(13)11-16(14)24-18-8-6-7-9-21-18/h13-18,20H,6-12H2,1-5H3;13-16,18H,6-12H2,1-5H3/t13?,14-,15?,16?,17?,18?;13?,14-,15?,16?,18?/m11/s1. The Morgan fingerprint density at radius 2 is 1.18 bits per heavy atom. The second-order valence-electron chi connectivity index (χ2n) is 18.8. The van der Waals surface area contributed by atoms with Crippen molar-refractivity contribution in [3.8, 4) is 0 Å². The number of carbonyl (C=O) groups excluding carboxylic acids is 1. The molecule has 0 aromatic rings. The summed E-state index contributed by atoms with van der Waals surface area (Å²) < 4.78 is 48.5. The van der Waals surface area contributed by atoms with Crippen molar-refractivity contribution in [1.29, 1.82) is 0 Å². The van der Waals surface area contributed by atoms with Gasteiger partial charge in [0.15, 0.2) is 35.5 Å². The van der Waals surface area contributed by atoms with Crippen LogP contribution in [-0.2, 0) is 42.1 Å². The highest BCUT2D eigenvalue weighted by molar-refractivity contribution is 6.74. The normalized spacial score (nSPS) is 38.0. The van der Waals surface area contributed by atoms with E-state index in [0.29, 0.717) is 32.0 Å². The molecule has 0 radical (unpaired) electrons. The molecule has 6 fully saturated rings. The van der Waals surface area contributed by atoms with Gasteiger partial charge in [0.05, 0.1) is 24.7 Å². The first-order chi connectivity index (χ1) is 23.3. The predicted molar refractivity (Wildman–Crippen MR) is 196 cm³/mol. The fourth-order valence-electron chi connectivity index (χ4n) is 7.90. The van der Waals surface area contributed by atoms with Crippen LogP contribution in [0.5, 0.6) is 0 Å². The molecule has 0 aromatic carbocycles. The largest absolute Gasteiger partial charge is 0.462 e. The van der Waals surface area contributed by atoms with Gasteiger partial charge in [0, 0.05) is 63.4 Å². The van der Waals surface area contributed by atoms with E-state index in [1.807, 2.05) is 0 Å². The first-order valence-corrected chi connectivity index (χ1v) is 25.5. The molecule has 290 valence electrons. The van der Waals surface area contributed by atoms with Crippen molar-refractivity contribution < 1.29 is 47.2 Å². The fourth-order valence-corrected chi connectivity index (χ4v) is 9.99. The average Bonchev–Trinajstić information content (AvgIpc) is 3.74. The van der Waals surface area contributed by atoms with E-state index in [1.54, 1.807) is 0 Å². The van der Waals surface area contributed by atoms with E-state index in [1.165, 1.54) is 6.42 Å². The lowest BCUT2D eigenvalue weighted by Gasteiger charge is -2.38. The van der Waals surface area contributed by atoms with E-state index in [9.17, 15) is 9.90 Å². The summed E-state index contributed by atoms with van der Waals surface area (Å²) in [5, 5.41) is 10.3. The lowest BCUT2D eigenvalue weighted by Crippen LogP contribution is -2.44. The molecule has 11 atom stereocenters. The van der Waals surface area contributed by atoms with Crippen LogP contribution in [0.2, 0.25) is 36.3 Å². The van der Waals surface area contributed by atoms with Gasteiger partial charge in [0.2, 0.25) is 0 Å². The third-order valence-corrected chi connectivity index (χ3v) is 22.2. The summed E-state index contributed by atoms with van der Waals surface area (Å²) in [6.07, 6.45) is 8.77. The Labute approximate surface area is 304 Å². The van der Waals surface area contributed by atoms with Crippen LogP contribution in [0.25, 0.3) is 0 Å². The zero-order valence-corrected chi connectivity index (χ0v) is 34.9. The molecule has 6 rings (SSSR count). The summed E-state index contributed by atoms with van der Waals surface area (Å²) >= 11 is 0. The van der Waals surface area contributed by atoms with Crippen LogP contribution in [-0.4, -0.2) is 97.4 Å². The Kier molecular flexibility index (Phi) is 13.5. The Balaban J connectivity index is 0.000000194. The van der Waals surface area contributed by atoms with Crippen LogP contribution in [0.1, 0.15) is 106 Å². The van der Waals surface area contributed by atoms with Crippen molar-refractivity contribution in [2.24, 2.45) is 23.7 Å². The third-order valence-electron chi connectivity index (χ3n) is 13.2. The van der Waals surface area contributed by atoms with E-state index < -0.39 is 22.9 Å². The number of carbonyl (C=O) groups is 1. The molecule has 4 heterocycles. The maximum absolute atomic E-state index is 11.7. The lowest BCUT2D eigenvalue weighted by atomic mass is 9.93. The highest BCUT2D eigenvalue weighted by atomic mass is 28.4. The molecule has 0 amide bonds. The van der Waals surface area contributed by atoms with Crippen LogP contribution in [0.4, 0.5) is 0 Å². The fraction of sp³-hybridized carbons (Fsp3) is 0.974. The molecule has 0 aromatic heterocycles. The molecule has 0 spiro atoms. The molecule has 12 heteroatoms. The summed E-state index contributed by atoms with van der Waals surface area (Å²) in [6, 6.07) is 0. The minimum Gasteiger partial charge on any atom is -0.462 e. The Bertz CT molecular complexity index is 1090. The molecule has 9 unspecified atom stereocenters. The molecule has 4 saturated heterocycles. The minimum absolute atomic E-state index is 0.00546. The van der Waals surface area contributed by atoms with Gasteiger partial charge in [-0.25, -0.2) is 0 Å². The van der Waals surface area contributed by atoms with Crippen LogP contribution < -0.4 is 0 Å². The van der Waals surface area contributed by atoms with Crippen LogP contribution in [0.3, 0.4) is 0 Å². The maximum atomic E-state index is 11.7. The van der Waals surface area contributed by atoms with Crippen LogP contribution in [0.15, 0.2) is 0 Å². The quantitative estimate of drug-likeness (QED) is 0.178. The van der Waals surface area contributed by atoms with E-state index in [-0.39, 0.29) is 70.8 Å². The Morgan fingerprint density at radius 3 is 1.64 bits per heavy atom. The number of aliphatic hydroxyl groups is 1. The molecule has 50 heavy (non-hydrogen) atoms. The first-order valence-electron chi connectivity index (χ1n) is 19.7. The smallest absolute Gasteiger partial charge is 0.306 e. The Hall–Kier alpha value is -0.416. The van der Waals surface area contributed by atoms with Crippen molar-refractivity contribution in [1.82, 2.24) is 0 Å². The van der Waals surface area contributed by atoms with Gasteiger partial charge in [-0.05, 0) is 80.7 Å². The third kappa shape index (κ3) is 10.0. The molecule has 0 bridgehead atoms. The number of aliphatic hydroxyl groups excluding tert-OH is 1. The van der Waals surface area contributed by atoms with Crippen molar-refractivity contribution in [2.75, 3.05) is 26.4 Å². The predicted octanol–water partition coefficient (Wildman–Crippen LogP) is 7.54. The van der Waals surface area contributed by atoms with E-state index >= 15 is 0 Å². The number of ether oxygens (including phenoxy) is 6. The van der Waals surface area contributed by atoms with Gasteiger partial charge in [0.25, 0.3) is 0 Å². The highest BCUT2D eigenvalue weighted by Gasteiger charge is 2.53. The summed E-state index contributed by atoms with van der Waals surface area (Å²) in [6.45, 7) is 25.6. The van der Waals surface area contributed by atoms with Crippen molar-refractivity contribution >= 4 is 22.6 Å². The zero-order valence-electron chi connectivity index (χ0n) is 32.9. The number of hydrogen-bond donors (Lipinski definition) is 1. The molecule has 2 saturated carbocycles. The van der Waals surface area contributed by atoms with E-state index in [4.69, 9.17) is 37.3 Å². The maximum Gasteiger partial charge on any atom is 0.306 e. The topological polar surface area (TPSA) is 111 Å². The molecule has 10 nitrogen and oxygen atoms in total. The Morgan fingerprint density at radius 1 is 0.700 bits per heavy atom. The van der Waals surface area contributed by atoms with Gasteiger partial charge in [0.1, 0.15) is 6.10 Å². The second-order valence-corrected chi connectivity index (χ2v) is 28.4. The second kappa shape index (κ2) is 16.5. The van der Waals surface area contributed by atoms with Gasteiger partial charge < -0.3 is 42.4 Å². The van der Waals surface area contributed by atoms with Crippen LogP contribution >= 0.6 is 0 Å². The monoisotopic (exact) mass is 742 g/mol. The average molecular weight is 743 g/mol. The molecular formula is C38H70O10Si2. The summed E-state index contributed by atoms with van der Waals surface area (Å²) in [5.41, 5.74) is 0. The lowest BCUT2D eigenvalue weighted by molar-refractivity contribution is -0.201. The van der Waals surface area contributed by atoms with Crippen molar-refractivity contribution in [3.05, 3.63) is 0 Å². The van der Waals surface area contributed by atoms with E-state index in [2.05, 4.69) is 67.7 Å². The van der Waals surface area contributed by atoms with Crippen molar-refractivity contribution in [3.63, 3.8) is 0 Å². The number of hydrogen-bond acceptors (Lipinski definition) is 10. The number of fused-ring (bicyclic) bond motifs is 2. The molecule has 1 N–H and O–H groups in total. The van der Waals surface area contributed by atoms with E-state index in [0.717, 1.165) is 58.2 Å². The van der Waals surface area contributed by atoms with Gasteiger partial charge in [-0.2, -0.15) is 0 Å². The molecular weight excluding hydrogens is 673 g/mol. The van der Waals surface area contributed by atoms with Crippen molar-refractivity contribution in [2.45, 2.75) is 185 Å². The van der Waals surface area contributed by atoms with Gasteiger partial charge >= 0.3 is 5.97 Å². The minimum atomic E-state index is -1.83. The first kappa shape index (κ1) is 40.8. The summed E-state index contributed by atoms with van der Waals surface area (Å²) in [7, 11) is -3.63. The molecule has 4 aliphatic heterocycles. The van der Waals surface area contributed by atoms with Gasteiger partial charge in [-0.1, -0.05) is 41.5 Å². The molecule has 6 aliphatic rings. The SMILES string of the molecule is CC(C)(C)[Si](C)(C)OC[C@H]1C(OC2CCCCO2)CC2OC(=O)CC21.CC(C)(C)[Si](C)(C)OC[C@H]1C(OC2CCCCO2)CC2OC(O)CC21.